The van der Waals surface area contributed by atoms with Gasteiger partial charge in [0.1, 0.15) is 6.07 Å². The quantitative estimate of drug-likeness (QED) is 0.510. The molecule has 25 heavy (non-hydrogen) atoms. The van der Waals surface area contributed by atoms with Crippen LogP contribution in [0.2, 0.25) is 5.02 Å². The van der Waals surface area contributed by atoms with Crippen LogP contribution in [0.1, 0.15) is 5.56 Å². The van der Waals surface area contributed by atoms with Crippen molar-refractivity contribution < 1.29 is 9.47 Å². The molecule has 0 aliphatic carbocycles. The number of methoxy groups -OCH3 is 2. The summed E-state index contributed by atoms with van der Waals surface area (Å²) in [7, 11) is 3.09. The molecule has 3 rings (SSSR count). The van der Waals surface area contributed by atoms with Crippen LogP contribution in [0.15, 0.2) is 46.5 Å². The summed E-state index contributed by atoms with van der Waals surface area (Å²) < 4.78 is 10.5. The minimum atomic E-state index is 0.452. The topological polar surface area (TPSA) is 70.9 Å². The molecule has 0 fully saturated rings. The SMILES string of the molecule is COc1cc(Cl)c(/C=C(\C#N)Sc2nc3ccccc3[nH]2)cc1OC. The van der Waals surface area contributed by atoms with Crippen molar-refractivity contribution in [3.8, 4) is 17.6 Å². The van der Waals surface area contributed by atoms with Crippen LogP contribution in [0.25, 0.3) is 17.1 Å². The summed E-state index contributed by atoms with van der Waals surface area (Å²) in [6, 6.07) is 13.3. The molecule has 0 aliphatic heterocycles. The second-order valence-electron chi connectivity index (χ2n) is 5.01. The number of hydrogen-bond acceptors (Lipinski definition) is 5. The average Bonchev–Trinajstić information content (AvgIpc) is 3.04. The Bertz CT molecular complexity index is 959. The monoisotopic (exact) mass is 371 g/mol. The van der Waals surface area contributed by atoms with Crippen molar-refractivity contribution >= 4 is 40.5 Å². The van der Waals surface area contributed by atoms with Gasteiger partial charge in [0.2, 0.25) is 0 Å². The fraction of sp³-hybridized carbons (Fsp3) is 0.111. The molecular formula is C18H14ClN3O2S. The first kappa shape index (κ1) is 17.2. The first-order chi connectivity index (χ1) is 12.1. The van der Waals surface area contributed by atoms with E-state index in [0.717, 1.165) is 11.0 Å². The minimum absolute atomic E-state index is 0.452. The molecule has 0 unspecified atom stereocenters. The molecule has 3 aromatic rings. The molecule has 2 aromatic carbocycles. The van der Waals surface area contributed by atoms with E-state index in [1.165, 1.54) is 11.8 Å². The number of H-pyrrole nitrogens is 1. The summed E-state index contributed by atoms with van der Waals surface area (Å²) in [5.74, 6) is 1.08. The van der Waals surface area contributed by atoms with Crippen LogP contribution in [0.4, 0.5) is 0 Å². The number of allylic oxidation sites excluding steroid dienone is 1. The second kappa shape index (κ2) is 7.51. The Morgan fingerprint density at radius 2 is 1.96 bits per heavy atom. The molecule has 0 atom stereocenters. The fourth-order valence-electron chi connectivity index (χ4n) is 2.29. The van der Waals surface area contributed by atoms with Gasteiger partial charge in [-0.25, -0.2) is 4.98 Å². The van der Waals surface area contributed by atoms with Crippen LogP contribution >= 0.6 is 23.4 Å². The van der Waals surface area contributed by atoms with E-state index in [4.69, 9.17) is 21.1 Å². The van der Waals surface area contributed by atoms with E-state index in [1.807, 2.05) is 24.3 Å². The van der Waals surface area contributed by atoms with Crippen LogP contribution in [-0.4, -0.2) is 24.2 Å². The van der Waals surface area contributed by atoms with Gasteiger partial charge in [0.15, 0.2) is 16.7 Å². The largest absolute Gasteiger partial charge is 0.493 e. The summed E-state index contributed by atoms with van der Waals surface area (Å²) >= 11 is 7.53. The Morgan fingerprint density at radius 3 is 2.64 bits per heavy atom. The number of para-hydroxylation sites is 2. The number of hydrogen-bond donors (Lipinski definition) is 1. The van der Waals surface area contributed by atoms with Crippen LogP contribution < -0.4 is 9.47 Å². The van der Waals surface area contributed by atoms with Gasteiger partial charge in [-0.1, -0.05) is 23.7 Å². The molecule has 1 aromatic heterocycles. The summed E-state index contributed by atoms with van der Waals surface area (Å²) in [5, 5.41) is 10.6. The van der Waals surface area contributed by atoms with E-state index in [9.17, 15) is 5.26 Å². The minimum Gasteiger partial charge on any atom is -0.493 e. The van der Waals surface area contributed by atoms with Crippen LogP contribution in [0, 0.1) is 11.3 Å². The van der Waals surface area contributed by atoms with Crippen molar-refractivity contribution in [1.82, 2.24) is 9.97 Å². The maximum atomic E-state index is 9.46. The van der Waals surface area contributed by atoms with Crippen molar-refractivity contribution in [2.24, 2.45) is 0 Å². The lowest BCUT2D eigenvalue weighted by atomic mass is 10.2. The third-order valence-electron chi connectivity index (χ3n) is 3.47. The van der Waals surface area contributed by atoms with E-state index in [1.54, 1.807) is 32.4 Å². The predicted octanol–water partition coefficient (Wildman–Crippen LogP) is 4.89. The molecule has 0 bridgehead atoms. The lowest BCUT2D eigenvalue weighted by Gasteiger charge is -2.09. The van der Waals surface area contributed by atoms with Crippen LogP contribution in [-0.2, 0) is 0 Å². The van der Waals surface area contributed by atoms with Gasteiger partial charge >= 0.3 is 0 Å². The zero-order chi connectivity index (χ0) is 17.8. The van der Waals surface area contributed by atoms with E-state index in [-0.39, 0.29) is 0 Å². The number of nitriles is 1. The Labute approximate surface area is 154 Å². The van der Waals surface area contributed by atoms with Crippen LogP contribution in [0.3, 0.4) is 0 Å². The molecule has 0 amide bonds. The van der Waals surface area contributed by atoms with Gasteiger partial charge < -0.3 is 14.5 Å². The zero-order valence-corrected chi connectivity index (χ0v) is 15.1. The highest BCUT2D eigenvalue weighted by atomic mass is 35.5. The molecule has 1 heterocycles. The molecule has 0 saturated carbocycles. The van der Waals surface area contributed by atoms with Crippen molar-refractivity contribution in [2.45, 2.75) is 5.16 Å². The smallest absolute Gasteiger partial charge is 0.171 e. The highest BCUT2D eigenvalue weighted by Crippen LogP contribution is 2.35. The highest BCUT2D eigenvalue weighted by molar-refractivity contribution is 8.03. The lowest BCUT2D eigenvalue weighted by Crippen LogP contribution is -1.92. The number of thioether (sulfide) groups is 1. The first-order valence-corrected chi connectivity index (χ1v) is 8.50. The van der Waals surface area contributed by atoms with Crippen molar-refractivity contribution in [3.05, 3.63) is 51.9 Å². The molecule has 0 radical (unpaired) electrons. The third-order valence-corrected chi connectivity index (χ3v) is 4.62. The zero-order valence-electron chi connectivity index (χ0n) is 13.5. The fourth-order valence-corrected chi connectivity index (χ4v) is 3.24. The van der Waals surface area contributed by atoms with Gasteiger partial charge in [-0.05, 0) is 41.6 Å². The average molecular weight is 372 g/mol. The van der Waals surface area contributed by atoms with Gasteiger partial charge in [-0.2, -0.15) is 5.26 Å². The Balaban J connectivity index is 1.94. The van der Waals surface area contributed by atoms with E-state index in [0.29, 0.717) is 32.1 Å². The number of ether oxygens (including phenoxy) is 2. The third kappa shape index (κ3) is 3.73. The Hall–Kier alpha value is -2.62. The Morgan fingerprint density at radius 1 is 1.24 bits per heavy atom. The van der Waals surface area contributed by atoms with Crippen molar-refractivity contribution in [2.75, 3.05) is 14.2 Å². The molecule has 5 nitrogen and oxygen atoms in total. The van der Waals surface area contributed by atoms with Crippen molar-refractivity contribution in [1.29, 1.82) is 5.26 Å². The molecule has 1 N–H and O–H groups in total. The van der Waals surface area contributed by atoms with E-state index >= 15 is 0 Å². The number of aromatic nitrogens is 2. The number of halogens is 1. The summed E-state index contributed by atoms with van der Waals surface area (Å²) in [6.45, 7) is 0. The number of rotatable bonds is 5. The normalized spacial score (nSPS) is 11.4. The number of fused-ring (bicyclic) bond motifs is 1. The van der Waals surface area contributed by atoms with Crippen molar-refractivity contribution in [3.63, 3.8) is 0 Å². The second-order valence-corrected chi connectivity index (χ2v) is 6.45. The Kier molecular flexibility index (Phi) is 5.17. The molecular weight excluding hydrogens is 358 g/mol. The number of aromatic amines is 1. The maximum absolute atomic E-state index is 9.46. The molecule has 0 spiro atoms. The molecule has 126 valence electrons. The van der Waals surface area contributed by atoms with Crippen LogP contribution in [0.5, 0.6) is 11.5 Å². The maximum Gasteiger partial charge on any atom is 0.171 e. The highest BCUT2D eigenvalue weighted by Gasteiger charge is 2.11. The van der Waals surface area contributed by atoms with E-state index < -0.39 is 0 Å². The summed E-state index contributed by atoms with van der Waals surface area (Å²) in [4.78, 5) is 8.10. The lowest BCUT2D eigenvalue weighted by molar-refractivity contribution is 0.355. The standard InChI is InChI=1S/C18H14ClN3O2S/c1-23-16-8-11(13(19)9-17(16)24-2)7-12(10-20)25-18-21-14-5-3-4-6-15(14)22-18/h3-9H,1-2H3,(H,21,22)/b12-7+. The predicted molar refractivity (Wildman–Crippen MR) is 100 cm³/mol. The molecule has 7 heteroatoms. The molecule has 0 saturated heterocycles. The molecule has 0 aliphatic rings. The van der Waals surface area contributed by atoms with Gasteiger partial charge in [0.25, 0.3) is 0 Å². The van der Waals surface area contributed by atoms with Gasteiger partial charge in [-0.3, -0.25) is 0 Å². The number of benzene rings is 2. The summed E-state index contributed by atoms with van der Waals surface area (Å²) in [5.41, 5.74) is 2.44. The number of nitrogens with zero attached hydrogens (tertiary/aromatic N) is 2. The van der Waals surface area contributed by atoms with Gasteiger partial charge in [-0.15, -0.1) is 0 Å². The summed E-state index contributed by atoms with van der Waals surface area (Å²) in [6.07, 6.45) is 1.70. The van der Waals surface area contributed by atoms with E-state index in [2.05, 4.69) is 16.0 Å². The number of nitrogens with one attached hydrogen (secondary N) is 1. The first-order valence-electron chi connectivity index (χ1n) is 7.30. The van der Waals surface area contributed by atoms with Gasteiger partial charge in [0, 0.05) is 6.07 Å². The number of imidazole rings is 1. The van der Waals surface area contributed by atoms with Gasteiger partial charge in [0.05, 0.1) is 35.2 Å².